The van der Waals surface area contributed by atoms with Gasteiger partial charge in [0.2, 0.25) is 5.91 Å². The number of carbonyl (C=O) groups is 2. The highest BCUT2D eigenvalue weighted by atomic mass is 32.1. The van der Waals surface area contributed by atoms with E-state index in [2.05, 4.69) is 35.9 Å². The van der Waals surface area contributed by atoms with Gasteiger partial charge >= 0.3 is 6.18 Å². The molecule has 2 aliphatic rings. The van der Waals surface area contributed by atoms with Crippen molar-refractivity contribution >= 4 is 38.5 Å². The van der Waals surface area contributed by atoms with Crippen LogP contribution in [0.3, 0.4) is 0 Å². The summed E-state index contributed by atoms with van der Waals surface area (Å²) in [7, 11) is 0. The third-order valence-electron chi connectivity index (χ3n) is 8.42. The van der Waals surface area contributed by atoms with E-state index in [1.54, 1.807) is 12.4 Å². The molecule has 15 heteroatoms. The van der Waals surface area contributed by atoms with Crippen LogP contribution in [-0.4, -0.2) is 67.7 Å². The fraction of sp³-hybridized carbons (Fsp3) is 0.438. The van der Waals surface area contributed by atoms with E-state index in [0.29, 0.717) is 30.0 Å². The van der Waals surface area contributed by atoms with E-state index in [4.69, 9.17) is 4.74 Å². The predicted octanol–water partition coefficient (Wildman–Crippen LogP) is 4.72. The molecule has 3 atom stereocenters. The van der Waals surface area contributed by atoms with Gasteiger partial charge in [-0.3, -0.25) is 14.6 Å². The number of nitrogens with zero attached hydrogens (tertiary/aromatic N) is 4. The summed E-state index contributed by atoms with van der Waals surface area (Å²) in [5.74, 6) is -0.284. The van der Waals surface area contributed by atoms with Crippen LogP contribution >= 0.6 is 11.3 Å². The van der Waals surface area contributed by atoms with Gasteiger partial charge in [0.15, 0.2) is 11.0 Å². The maximum atomic E-state index is 12.9. The van der Waals surface area contributed by atoms with Crippen molar-refractivity contribution in [2.75, 3.05) is 11.9 Å². The van der Waals surface area contributed by atoms with E-state index >= 15 is 0 Å². The van der Waals surface area contributed by atoms with E-state index in [-0.39, 0.29) is 48.9 Å². The van der Waals surface area contributed by atoms with Gasteiger partial charge in [-0.2, -0.15) is 13.2 Å². The second-order valence-corrected chi connectivity index (χ2v) is 13.0. The lowest BCUT2D eigenvalue weighted by molar-refractivity contribution is -0.137. The molecular weight excluding hydrogens is 635 g/mol. The zero-order chi connectivity index (χ0) is 33.1. The standard InChI is InChI=1S/C32H34F3N7O4S/c1-17(12-39-30(45)24-8-6-21(15-36-24)32(33,34)35)40-22-9-19(10-22)29(44)42-31-41-23-7-5-18(11-27(23)47-31)20-13-37-28(38-14-20)16-46-26-4-2-3-25(26)43/h5-8,11,13-15,17,19,22,25-26,40,43H,2-4,9-10,12,16H2,1H3,(H,39,45)(H,41,42,44)/t17-,19?,22?,25-,26?/m0/s1. The normalized spacial score (nSPS) is 21.7. The van der Waals surface area contributed by atoms with E-state index in [9.17, 15) is 27.9 Å². The largest absolute Gasteiger partial charge is 0.417 e. The fourth-order valence-corrected chi connectivity index (χ4v) is 6.60. The van der Waals surface area contributed by atoms with Crippen LogP contribution in [0.2, 0.25) is 0 Å². The monoisotopic (exact) mass is 669 g/mol. The number of carbonyl (C=O) groups excluding carboxylic acids is 2. The van der Waals surface area contributed by atoms with E-state index in [1.165, 1.54) is 11.3 Å². The van der Waals surface area contributed by atoms with E-state index in [0.717, 1.165) is 52.7 Å². The van der Waals surface area contributed by atoms with E-state index in [1.807, 2.05) is 25.1 Å². The molecule has 4 N–H and O–H groups in total. The first kappa shape index (κ1) is 32.9. The van der Waals surface area contributed by atoms with Gasteiger partial charge in [0, 0.05) is 48.7 Å². The molecule has 0 aliphatic heterocycles. The maximum absolute atomic E-state index is 12.9. The SMILES string of the molecule is C[C@@H](CNC(=O)c1ccc(C(F)(F)F)cn1)NC1CC(C(=O)Nc2nc3ccc(-c4cnc(COC5CCC[C@@H]5O)nc4)cc3s2)C1. The summed E-state index contributed by atoms with van der Waals surface area (Å²) in [6.07, 6.45) is 2.84. The van der Waals surface area contributed by atoms with Crippen molar-refractivity contribution in [2.45, 2.75) is 76.1 Å². The second-order valence-electron chi connectivity index (χ2n) is 12.0. The van der Waals surface area contributed by atoms with Gasteiger partial charge in [-0.05, 0) is 68.9 Å². The van der Waals surface area contributed by atoms with Gasteiger partial charge in [0.25, 0.3) is 5.91 Å². The van der Waals surface area contributed by atoms with Crippen LogP contribution in [0.5, 0.6) is 0 Å². The van der Waals surface area contributed by atoms with Crippen LogP contribution in [-0.2, 0) is 22.3 Å². The van der Waals surface area contributed by atoms with Crippen molar-refractivity contribution in [3.05, 3.63) is 66.0 Å². The number of aliphatic hydroxyl groups excluding tert-OH is 1. The molecule has 0 radical (unpaired) electrons. The highest BCUT2D eigenvalue weighted by Gasteiger charge is 2.35. The number of benzene rings is 1. The summed E-state index contributed by atoms with van der Waals surface area (Å²) in [4.78, 5) is 42.2. The van der Waals surface area contributed by atoms with Crippen LogP contribution in [0.4, 0.5) is 18.3 Å². The summed E-state index contributed by atoms with van der Waals surface area (Å²) in [6, 6.07) is 7.66. The summed E-state index contributed by atoms with van der Waals surface area (Å²) in [5, 5.41) is 19.4. The Morgan fingerprint density at radius 3 is 2.53 bits per heavy atom. The van der Waals surface area contributed by atoms with Gasteiger partial charge in [-0.1, -0.05) is 17.4 Å². The Balaban J connectivity index is 0.939. The molecule has 0 saturated heterocycles. The molecule has 3 heterocycles. The van der Waals surface area contributed by atoms with Crippen molar-refractivity contribution in [1.29, 1.82) is 0 Å². The highest BCUT2D eigenvalue weighted by Crippen LogP contribution is 2.33. The number of ether oxygens (including phenoxy) is 1. The molecule has 1 aromatic carbocycles. The molecule has 11 nitrogen and oxygen atoms in total. The smallest absolute Gasteiger partial charge is 0.390 e. The Bertz CT molecular complexity index is 1710. The molecule has 2 aliphatic carbocycles. The van der Waals surface area contributed by atoms with Gasteiger partial charge in [-0.25, -0.2) is 15.0 Å². The fourth-order valence-electron chi connectivity index (χ4n) is 5.69. The Hall–Kier alpha value is -4.05. The topological polar surface area (TPSA) is 151 Å². The number of amides is 2. The van der Waals surface area contributed by atoms with Crippen LogP contribution in [0.25, 0.3) is 21.3 Å². The number of hydrogen-bond acceptors (Lipinski definition) is 10. The average Bonchev–Trinajstić information content (AvgIpc) is 3.64. The number of aromatic nitrogens is 4. The minimum absolute atomic E-state index is 0.0919. The van der Waals surface area contributed by atoms with Crippen molar-refractivity contribution in [2.24, 2.45) is 5.92 Å². The zero-order valence-corrected chi connectivity index (χ0v) is 26.3. The van der Waals surface area contributed by atoms with Crippen LogP contribution in [0, 0.1) is 5.92 Å². The Morgan fingerprint density at radius 2 is 1.85 bits per heavy atom. The molecule has 47 heavy (non-hydrogen) atoms. The number of thiazole rings is 1. The Kier molecular flexibility index (Phi) is 9.77. The zero-order valence-electron chi connectivity index (χ0n) is 25.5. The number of rotatable bonds is 11. The summed E-state index contributed by atoms with van der Waals surface area (Å²) < 4.78 is 44.8. The number of anilines is 1. The Labute approximate surface area is 272 Å². The number of aliphatic hydroxyl groups is 1. The van der Waals surface area contributed by atoms with E-state index < -0.39 is 23.8 Å². The lowest BCUT2D eigenvalue weighted by Gasteiger charge is -2.36. The van der Waals surface area contributed by atoms with Crippen molar-refractivity contribution in [3.8, 4) is 11.1 Å². The lowest BCUT2D eigenvalue weighted by atomic mass is 9.79. The van der Waals surface area contributed by atoms with Crippen molar-refractivity contribution in [3.63, 3.8) is 0 Å². The molecule has 2 amide bonds. The molecule has 2 saturated carbocycles. The summed E-state index contributed by atoms with van der Waals surface area (Å²) in [6.45, 7) is 2.38. The number of pyridine rings is 1. The molecule has 6 rings (SSSR count). The maximum Gasteiger partial charge on any atom is 0.417 e. The first-order chi connectivity index (χ1) is 22.5. The summed E-state index contributed by atoms with van der Waals surface area (Å²) in [5.41, 5.74) is 1.52. The van der Waals surface area contributed by atoms with Gasteiger partial charge in [0.1, 0.15) is 12.3 Å². The van der Waals surface area contributed by atoms with Gasteiger partial charge in [-0.15, -0.1) is 0 Å². The number of alkyl halides is 3. The van der Waals surface area contributed by atoms with Crippen LogP contribution in [0.15, 0.2) is 48.9 Å². The molecule has 0 spiro atoms. The molecular formula is C32H34F3N7O4S. The number of nitrogens with one attached hydrogen (secondary N) is 3. The average molecular weight is 670 g/mol. The quantitative estimate of drug-likeness (QED) is 0.178. The molecule has 2 fully saturated rings. The molecule has 248 valence electrons. The highest BCUT2D eigenvalue weighted by molar-refractivity contribution is 7.22. The van der Waals surface area contributed by atoms with Crippen molar-refractivity contribution < 1.29 is 32.6 Å². The van der Waals surface area contributed by atoms with Crippen LogP contribution in [0.1, 0.15) is 60.9 Å². The molecule has 4 aromatic rings. The molecule has 0 bridgehead atoms. The van der Waals surface area contributed by atoms with Gasteiger partial charge < -0.3 is 25.8 Å². The molecule has 1 unspecified atom stereocenters. The second kappa shape index (κ2) is 14.0. The van der Waals surface area contributed by atoms with Crippen molar-refractivity contribution in [1.82, 2.24) is 30.6 Å². The minimum Gasteiger partial charge on any atom is -0.390 e. The van der Waals surface area contributed by atoms with Crippen LogP contribution < -0.4 is 16.0 Å². The first-order valence-electron chi connectivity index (χ1n) is 15.4. The Morgan fingerprint density at radius 1 is 1.06 bits per heavy atom. The number of fused-ring (bicyclic) bond motifs is 1. The molecule has 3 aromatic heterocycles. The van der Waals surface area contributed by atoms with Gasteiger partial charge in [0.05, 0.1) is 28.0 Å². The summed E-state index contributed by atoms with van der Waals surface area (Å²) >= 11 is 1.39. The number of halogens is 3. The predicted molar refractivity (Wildman–Crippen MR) is 168 cm³/mol. The third kappa shape index (κ3) is 8.09. The first-order valence-corrected chi connectivity index (χ1v) is 16.2. The number of hydrogen-bond donors (Lipinski definition) is 4. The lowest BCUT2D eigenvalue weighted by Crippen LogP contribution is -2.51. The minimum atomic E-state index is -4.51. The third-order valence-corrected chi connectivity index (χ3v) is 9.36.